The number of nitrogens with one attached hydrogen (secondary N) is 2. The van der Waals surface area contributed by atoms with Gasteiger partial charge >= 0.3 is 6.09 Å². The zero-order chi connectivity index (χ0) is 16.8. The summed E-state index contributed by atoms with van der Waals surface area (Å²) in [6, 6.07) is 0.387. The summed E-state index contributed by atoms with van der Waals surface area (Å²) in [5.41, 5.74) is 0.668. The van der Waals surface area contributed by atoms with Gasteiger partial charge in [0, 0.05) is 37.4 Å². The van der Waals surface area contributed by atoms with Crippen LogP contribution in [0.4, 0.5) is 4.79 Å². The Labute approximate surface area is 133 Å². The van der Waals surface area contributed by atoms with E-state index in [1.165, 1.54) is 0 Å². The highest BCUT2D eigenvalue weighted by Gasteiger charge is 2.18. The molecule has 0 saturated heterocycles. The Morgan fingerprint density at radius 1 is 1.45 bits per heavy atom. The lowest BCUT2D eigenvalue weighted by Crippen LogP contribution is -2.43. The standard InChI is InChI=1S/C16H30N4O2/c1-7-8-14(10-17-15(21)22-16(3,4)5)19-12(2)13-9-18-20(6)11-13/h9,11-12,14,19H,7-8,10H2,1-6H3,(H,17,21). The van der Waals surface area contributed by atoms with Gasteiger partial charge in [0.2, 0.25) is 0 Å². The maximum atomic E-state index is 11.8. The Morgan fingerprint density at radius 3 is 2.64 bits per heavy atom. The van der Waals surface area contributed by atoms with Crippen LogP contribution in [0, 0.1) is 0 Å². The molecule has 0 aromatic carbocycles. The number of ether oxygens (including phenoxy) is 1. The highest BCUT2D eigenvalue weighted by atomic mass is 16.6. The fourth-order valence-electron chi connectivity index (χ4n) is 2.23. The van der Waals surface area contributed by atoms with Crippen molar-refractivity contribution in [3.8, 4) is 0 Å². The third-order valence-electron chi connectivity index (χ3n) is 3.24. The van der Waals surface area contributed by atoms with Crippen LogP contribution in [0.15, 0.2) is 12.4 Å². The minimum atomic E-state index is -0.471. The van der Waals surface area contributed by atoms with Gasteiger partial charge in [-0.1, -0.05) is 13.3 Å². The molecule has 0 bridgehead atoms. The molecular weight excluding hydrogens is 280 g/mol. The second kappa shape index (κ2) is 8.17. The second-order valence-corrected chi connectivity index (χ2v) is 6.70. The monoisotopic (exact) mass is 310 g/mol. The summed E-state index contributed by atoms with van der Waals surface area (Å²) in [6.07, 6.45) is 5.53. The van der Waals surface area contributed by atoms with Crippen molar-refractivity contribution in [2.45, 2.75) is 65.1 Å². The normalized spacial score (nSPS) is 14.5. The van der Waals surface area contributed by atoms with E-state index in [9.17, 15) is 4.79 Å². The first-order chi connectivity index (χ1) is 10.2. The highest BCUT2D eigenvalue weighted by molar-refractivity contribution is 5.67. The van der Waals surface area contributed by atoms with Crippen LogP contribution in [0.25, 0.3) is 0 Å². The van der Waals surface area contributed by atoms with Crippen molar-refractivity contribution < 1.29 is 9.53 Å². The fraction of sp³-hybridized carbons (Fsp3) is 0.750. The molecule has 126 valence electrons. The van der Waals surface area contributed by atoms with E-state index in [1.807, 2.05) is 40.2 Å². The van der Waals surface area contributed by atoms with E-state index < -0.39 is 5.60 Å². The molecule has 0 aliphatic rings. The Hall–Kier alpha value is -1.56. The number of hydrogen-bond donors (Lipinski definition) is 2. The summed E-state index contributed by atoms with van der Waals surface area (Å²) < 4.78 is 7.06. The Balaban J connectivity index is 2.49. The van der Waals surface area contributed by atoms with E-state index in [1.54, 1.807) is 4.68 Å². The SMILES string of the molecule is CCCC(CNC(=O)OC(C)(C)C)NC(C)c1cnn(C)c1. The summed E-state index contributed by atoms with van der Waals surface area (Å²) >= 11 is 0. The summed E-state index contributed by atoms with van der Waals surface area (Å²) in [5.74, 6) is 0. The van der Waals surface area contributed by atoms with Gasteiger partial charge in [0.25, 0.3) is 0 Å². The van der Waals surface area contributed by atoms with Crippen LogP contribution in [0.2, 0.25) is 0 Å². The van der Waals surface area contributed by atoms with Crippen molar-refractivity contribution in [3.05, 3.63) is 18.0 Å². The third kappa shape index (κ3) is 6.93. The first kappa shape index (κ1) is 18.5. The van der Waals surface area contributed by atoms with E-state index in [0.717, 1.165) is 18.4 Å². The number of nitrogens with zero attached hydrogens (tertiary/aromatic N) is 2. The van der Waals surface area contributed by atoms with Crippen LogP contribution < -0.4 is 10.6 Å². The van der Waals surface area contributed by atoms with Gasteiger partial charge in [-0.2, -0.15) is 5.10 Å². The van der Waals surface area contributed by atoms with Gasteiger partial charge in [-0.05, 0) is 34.1 Å². The van der Waals surface area contributed by atoms with E-state index in [4.69, 9.17) is 4.74 Å². The fourth-order valence-corrected chi connectivity index (χ4v) is 2.23. The van der Waals surface area contributed by atoms with Gasteiger partial charge in [-0.25, -0.2) is 4.79 Å². The molecule has 1 aromatic rings. The quantitative estimate of drug-likeness (QED) is 0.812. The van der Waals surface area contributed by atoms with Gasteiger partial charge in [0.05, 0.1) is 6.20 Å². The zero-order valence-corrected chi connectivity index (χ0v) is 14.6. The second-order valence-electron chi connectivity index (χ2n) is 6.70. The third-order valence-corrected chi connectivity index (χ3v) is 3.24. The molecule has 0 fully saturated rings. The molecule has 0 aliphatic heterocycles. The van der Waals surface area contributed by atoms with Crippen LogP contribution in [0.5, 0.6) is 0 Å². The lowest BCUT2D eigenvalue weighted by molar-refractivity contribution is 0.0521. The molecule has 0 radical (unpaired) electrons. The zero-order valence-electron chi connectivity index (χ0n) is 14.6. The van der Waals surface area contributed by atoms with Crippen LogP contribution in [0.3, 0.4) is 0 Å². The van der Waals surface area contributed by atoms with Gasteiger partial charge in [-0.15, -0.1) is 0 Å². The van der Waals surface area contributed by atoms with Crippen LogP contribution >= 0.6 is 0 Å². The summed E-state index contributed by atoms with van der Waals surface area (Å²) in [6.45, 7) is 10.4. The smallest absolute Gasteiger partial charge is 0.407 e. The summed E-state index contributed by atoms with van der Waals surface area (Å²) in [7, 11) is 1.91. The van der Waals surface area contributed by atoms with Crippen molar-refractivity contribution >= 4 is 6.09 Å². The number of carbonyl (C=O) groups excluding carboxylic acids is 1. The van der Waals surface area contributed by atoms with Crippen molar-refractivity contribution in [1.82, 2.24) is 20.4 Å². The summed E-state index contributed by atoms with van der Waals surface area (Å²) in [5, 5.41) is 10.6. The molecule has 2 atom stereocenters. The van der Waals surface area contributed by atoms with Crippen molar-refractivity contribution in [2.24, 2.45) is 7.05 Å². The first-order valence-electron chi connectivity index (χ1n) is 7.92. The molecule has 0 saturated carbocycles. The molecule has 6 nitrogen and oxygen atoms in total. The molecular formula is C16H30N4O2. The van der Waals surface area contributed by atoms with Crippen molar-refractivity contribution in [3.63, 3.8) is 0 Å². The number of carbonyl (C=O) groups is 1. The van der Waals surface area contributed by atoms with Crippen LogP contribution in [0.1, 0.15) is 59.1 Å². The van der Waals surface area contributed by atoms with E-state index in [2.05, 4.69) is 29.6 Å². The lowest BCUT2D eigenvalue weighted by Gasteiger charge is -2.24. The van der Waals surface area contributed by atoms with Crippen LogP contribution in [-0.2, 0) is 11.8 Å². The molecule has 6 heteroatoms. The van der Waals surface area contributed by atoms with Crippen LogP contribution in [-0.4, -0.2) is 34.1 Å². The molecule has 22 heavy (non-hydrogen) atoms. The largest absolute Gasteiger partial charge is 0.444 e. The molecule has 1 amide bonds. The molecule has 1 rings (SSSR count). The first-order valence-corrected chi connectivity index (χ1v) is 7.92. The maximum absolute atomic E-state index is 11.8. The predicted molar refractivity (Wildman–Crippen MR) is 87.7 cm³/mol. The van der Waals surface area contributed by atoms with E-state index in [-0.39, 0.29) is 18.2 Å². The molecule has 1 aromatic heterocycles. The average molecular weight is 310 g/mol. The number of rotatable bonds is 7. The number of amides is 1. The summed E-state index contributed by atoms with van der Waals surface area (Å²) in [4.78, 5) is 11.8. The van der Waals surface area contributed by atoms with Gasteiger partial charge in [0.1, 0.15) is 5.60 Å². The number of aryl methyl sites for hydroxylation is 1. The minimum Gasteiger partial charge on any atom is -0.444 e. The maximum Gasteiger partial charge on any atom is 0.407 e. The van der Waals surface area contributed by atoms with E-state index in [0.29, 0.717) is 6.54 Å². The molecule has 2 unspecified atom stereocenters. The van der Waals surface area contributed by atoms with Gasteiger partial charge in [-0.3, -0.25) is 4.68 Å². The van der Waals surface area contributed by atoms with Gasteiger partial charge < -0.3 is 15.4 Å². The van der Waals surface area contributed by atoms with E-state index >= 15 is 0 Å². The average Bonchev–Trinajstić information content (AvgIpc) is 2.81. The Kier molecular flexibility index (Phi) is 6.87. The Bertz CT molecular complexity index is 465. The molecule has 2 N–H and O–H groups in total. The highest BCUT2D eigenvalue weighted by Crippen LogP contribution is 2.13. The van der Waals surface area contributed by atoms with Gasteiger partial charge in [0.15, 0.2) is 0 Å². The molecule has 1 heterocycles. The topological polar surface area (TPSA) is 68.2 Å². The van der Waals surface area contributed by atoms with Crippen molar-refractivity contribution in [1.29, 1.82) is 0 Å². The van der Waals surface area contributed by atoms with Crippen molar-refractivity contribution in [2.75, 3.05) is 6.54 Å². The number of aromatic nitrogens is 2. The minimum absolute atomic E-state index is 0.186. The Morgan fingerprint density at radius 2 is 2.14 bits per heavy atom. The lowest BCUT2D eigenvalue weighted by atomic mass is 10.1. The molecule has 0 aliphatic carbocycles. The number of alkyl carbamates (subject to hydrolysis) is 1. The molecule has 0 spiro atoms. The number of hydrogen-bond acceptors (Lipinski definition) is 4. The predicted octanol–water partition coefficient (Wildman–Crippen LogP) is 2.76.